The Morgan fingerprint density at radius 2 is 1.91 bits per heavy atom. The number of nitrogens with zero attached hydrogens (tertiary/aromatic N) is 1. The van der Waals surface area contributed by atoms with E-state index in [9.17, 15) is 4.79 Å². The largest absolute Gasteiger partial charge is 0.440 e. The van der Waals surface area contributed by atoms with Crippen molar-refractivity contribution in [2.24, 2.45) is 0 Å². The summed E-state index contributed by atoms with van der Waals surface area (Å²) in [5, 5.41) is 0. The topological polar surface area (TPSA) is 29.5 Å². The van der Waals surface area contributed by atoms with Crippen molar-refractivity contribution in [3.8, 4) is 0 Å². The van der Waals surface area contributed by atoms with Crippen LogP contribution < -0.4 is 4.90 Å². The van der Waals surface area contributed by atoms with E-state index in [2.05, 4.69) is 69.0 Å². The fourth-order valence-corrected chi connectivity index (χ4v) is 3.63. The van der Waals surface area contributed by atoms with Crippen LogP contribution in [0.3, 0.4) is 0 Å². The van der Waals surface area contributed by atoms with E-state index in [0.29, 0.717) is 6.42 Å². The first-order chi connectivity index (χ1) is 10.9. The molecule has 2 heterocycles. The van der Waals surface area contributed by atoms with Gasteiger partial charge in [-0.3, -0.25) is 4.79 Å². The van der Waals surface area contributed by atoms with Crippen molar-refractivity contribution in [1.29, 1.82) is 0 Å². The van der Waals surface area contributed by atoms with Crippen LogP contribution in [0.5, 0.6) is 0 Å². The maximum atomic E-state index is 12.1. The van der Waals surface area contributed by atoms with Crippen LogP contribution in [0.4, 0.5) is 5.69 Å². The predicted molar refractivity (Wildman–Crippen MR) is 93.4 cm³/mol. The molecule has 2 aliphatic heterocycles. The summed E-state index contributed by atoms with van der Waals surface area (Å²) in [5.74, 6) is -0.0890. The lowest BCUT2D eigenvalue weighted by molar-refractivity contribution is -0.141. The summed E-state index contributed by atoms with van der Waals surface area (Å²) in [7, 11) is 0. The minimum absolute atomic E-state index is 0.0890. The van der Waals surface area contributed by atoms with Gasteiger partial charge in [0, 0.05) is 12.2 Å². The first-order valence-corrected chi connectivity index (χ1v) is 8.26. The smallest absolute Gasteiger partial charge is 0.308 e. The number of benzene rings is 1. The number of rotatable bonds is 4. The zero-order valence-electron chi connectivity index (χ0n) is 14.4. The van der Waals surface area contributed by atoms with Crippen LogP contribution in [-0.4, -0.2) is 18.7 Å². The van der Waals surface area contributed by atoms with Gasteiger partial charge < -0.3 is 9.64 Å². The maximum absolute atomic E-state index is 12.1. The highest BCUT2D eigenvalue weighted by molar-refractivity contribution is 5.80. The molecule has 3 heteroatoms. The van der Waals surface area contributed by atoms with Crippen molar-refractivity contribution in [1.82, 2.24) is 0 Å². The Morgan fingerprint density at radius 3 is 2.61 bits per heavy atom. The number of carbonyl (C=O) groups is 1. The molecule has 2 unspecified atom stereocenters. The van der Waals surface area contributed by atoms with Crippen LogP contribution in [-0.2, 0) is 14.9 Å². The Morgan fingerprint density at radius 1 is 1.22 bits per heavy atom. The molecule has 0 bridgehead atoms. The Balaban J connectivity index is 2.07. The molecule has 0 aliphatic carbocycles. The van der Waals surface area contributed by atoms with Gasteiger partial charge in [0.1, 0.15) is 0 Å². The number of carbonyl (C=O) groups excluding carboxylic acids is 1. The van der Waals surface area contributed by atoms with E-state index in [0.717, 1.165) is 13.0 Å². The Kier molecular flexibility index (Phi) is 4.05. The van der Waals surface area contributed by atoms with Gasteiger partial charge in [0.05, 0.1) is 11.8 Å². The summed E-state index contributed by atoms with van der Waals surface area (Å²) in [4.78, 5) is 14.4. The molecule has 0 saturated carbocycles. The first kappa shape index (κ1) is 15.9. The second-order valence-electron chi connectivity index (χ2n) is 7.11. The van der Waals surface area contributed by atoms with Gasteiger partial charge in [0.15, 0.2) is 6.23 Å². The number of anilines is 1. The van der Waals surface area contributed by atoms with Crippen LogP contribution in [0.2, 0.25) is 0 Å². The minimum atomic E-state index is -0.250. The summed E-state index contributed by atoms with van der Waals surface area (Å²) in [6.45, 7) is 9.17. The molecule has 1 aromatic carbocycles. The molecule has 3 nitrogen and oxygen atoms in total. The third kappa shape index (κ3) is 2.69. The van der Waals surface area contributed by atoms with Gasteiger partial charge in [-0.05, 0) is 45.7 Å². The molecule has 0 N–H and O–H groups in total. The summed E-state index contributed by atoms with van der Waals surface area (Å²) < 4.78 is 5.78. The van der Waals surface area contributed by atoms with E-state index >= 15 is 0 Å². The molecular formula is C20H25NO2. The SMILES string of the molecule is CC(C)=CCN1c2ccccc2C2(CC=C(C)C)CC(=O)OC12. The van der Waals surface area contributed by atoms with E-state index in [1.54, 1.807) is 0 Å². The Bertz CT molecular complexity index is 681. The second-order valence-corrected chi connectivity index (χ2v) is 7.11. The highest BCUT2D eigenvalue weighted by atomic mass is 16.6. The number of hydrogen-bond acceptors (Lipinski definition) is 3. The number of fused-ring (bicyclic) bond motifs is 3. The van der Waals surface area contributed by atoms with Gasteiger partial charge in [-0.15, -0.1) is 0 Å². The quantitative estimate of drug-likeness (QED) is 0.612. The molecule has 2 atom stereocenters. The third-order valence-electron chi connectivity index (χ3n) is 4.78. The van der Waals surface area contributed by atoms with Gasteiger partial charge >= 0.3 is 5.97 Å². The third-order valence-corrected chi connectivity index (χ3v) is 4.78. The number of allylic oxidation sites excluding steroid dienone is 3. The Hall–Kier alpha value is -2.03. The van der Waals surface area contributed by atoms with Crippen molar-refractivity contribution in [2.75, 3.05) is 11.4 Å². The number of esters is 1. The van der Waals surface area contributed by atoms with Crippen LogP contribution in [0.25, 0.3) is 0 Å². The molecule has 0 radical (unpaired) electrons. The van der Waals surface area contributed by atoms with E-state index in [4.69, 9.17) is 4.74 Å². The molecule has 2 aliphatic rings. The van der Waals surface area contributed by atoms with Crippen molar-refractivity contribution >= 4 is 11.7 Å². The predicted octanol–water partition coefficient (Wildman–Crippen LogP) is 4.34. The fraction of sp³-hybridized carbons (Fsp3) is 0.450. The monoisotopic (exact) mass is 311 g/mol. The maximum Gasteiger partial charge on any atom is 0.308 e. The summed E-state index contributed by atoms with van der Waals surface area (Å²) in [6, 6.07) is 8.43. The van der Waals surface area contributed by atoms with Crippen molar-refractivity contribution in [3.63, 3.8) is 0 Å². The molecule has 1 fully saturated rings. The lowest BCUT2D eigenvalue weighted by atomic mass is 9.76. The van der Waals surface area contributed by atoms with Crippen molar-refractivity contribution in [3.05, 3.63) is 53.1 Å². The van der Waals surface area contributed by atoms with Crippen molar-refractivity contribution < 1.29 is 9.53 Å². The summed E-state index contributed by atoms with van der Waals surface area (Å²) >= 11 is 0. The number of ether oxygens (including phenoxy) is 1. The number of para-hydroxylation sites is 1. The van der Waals surface area contributed by atoms with Crippen LogP contribution in [0, 0.1) is 0 Å². The fourth-order valence-electron chi connectivity index (χ4n) is 3.63. The molecule has 122 valence electrons. The Labute approximate surface area is 138 Å². The molecule has 0 aromatic heterocycles. The van der Waals surface area contributed by atoms with Gasteiger partial charge in [0.25, 0.3) is 0 Å². The van der Waals surface area contributed by atoms with E-state index in [-0.39, 0.29) is 17.6 Å². The average molecular weight is 311 g/mol. The van der Waals surface area contributed by atoms with Gasteiger partial charge in [0.2, 0.25) is 0 Å². The lowest BCUT2D eigenvalue weighted by Crippen LogP contribution is -2.42. The average Bonchev–Trinajstić information content (AvgIpc) is 2.94. The second kappa shape index (κ2) is 5.88. The molecule has 1 aromatic rings. The van der Waals surface area contributed by atoms with Crippen LogP contribution in [0.15, 0.2) is 47.6 Å². The van der Waals surface area contributed by atoms with Crippen LogP contribution >= 0.6 is 0 Å². The molecule has 23 heavy (non-hydrogen) atoms. The molecule has 0 amide bonds. The van der Waals surface area contributed by atoms with Gasteiger partial charge in [-0.25, -0.2) is 0 Å². The van der Waals surface area contributed by atoms with Crippen LogP contribution in [0.1, 0.15) is 46.1 Å². The molecule has 3 rings (SSSR count). The molecular weight excluding hydrogens is 286 g/mol. The summed E-state index contributed by atoms with van der Waals surface area (Å²) in [6.07, 6.45) is 5.53. The highest BCUT2D eigenvalue weighted by Crippen LogP contribution is 2.53. The molecule has 0 spiro atoms. The first-order valence-electron chi connectivity index (χ1n) is 8.26. The van der Waals surface area contributed by atoms with E-state index in [1.165, 1.54) is 22.4 Å². The lowest BCUT2D eigenvalue weighted by Gasteiger charge is -2.30. The normalized spacial score (nSPS) is 24.8. The zero-order valence-corrected chi connectivity index (χ0v) is 14.4. The molecule has 1 saturated heterocycles. The zero-order chi connectivity index (χ0) is 16.6. The van der Waals surface area contributed by atoms with Gasteiger partial charge in [-0.2, -0.15) is 0 Å². The van der Waals surface area contributed by atoms with E-state index in [1.807, 2.05) is 0 Å². The van der Waals surface area contributed by atoms with Gasteiger partial charge in [-0.1, -0.05) is 41.5 Å². The summed E-state index contributed by atoms with van der Waals surface area (Å²) in [5.41, 5.74) is 4.74. The van der Waals surface area contributed by atoms with E-state index < -0.39 is 0 Å². The number of hydrogen-bond donors (Lipinski definition) is 0. The van der Waals surface area contributed by atoms with Crippen molar-refractivity contribution in [2.45, 2.75) is 52.2 Å². The minimum Gasteiger partial charge on any atom is -0.440 e. The highest BCUT2D eigenvalue weighted by Gasteiger charge is 2.57. The standard InChI is InChI=1S/C20H25NO2/c1-14(2)9-11-20-13-18(22)23-19(20)21(12-10-15(3)4)17-8-6-5-7-16(17)20/h5-10,19H,11-13H2,1-4H3.